The van der Waals surface area contributed by atoms with Gasteiger partial charge in [0.05, 0.1) is 17.7 Å². The Labute approximate surface area is 143 Å². The number of hydrogen-bond donors (Lipinski definition) is 0. The molecule has 0 N–H and O–H groups in total. The number of nitrogens with zero attached hydrogens (tertiary/aromatic N) is 3. The fraction of sp³-hybridized carbons (Fsp3) is 0.353. The lowest BCUT2D eigenvalue weighted by atomic mass is 10.2. The second-order valence-corrected chi connectivity index (χ2v) is 6.22. The number of fused-ring (bicyclic) bond motifs is 1. The van der Waals surface area contributed by atoms with E-state index in [-0.39, 0.29) is 5.56 Å². The van der Waals surface area contributed by atoms with Crippen LogP contribution in [0.15, 0.2) is 29.3 Å². The summed E-state index contributed by atoms with van der Waals surface area (Å²) in [7, 11) is 0. The van der Waals surface area contributed by atoms with Crippen molar-refractivity contribution in [2.45, 2.75) is 26.7 Å². The van der Waals surface area contributed by atoms with Crippen LogP contribution < -0.4 is 19.6 Å². The maximum absolute atomic E-state index is 12.2. The highest BCUT2D eigenvalue weighted by molar-refractivity contribution is 7.15. The molecule has 3 aromatic rings. The van der Waals surface area contributed by atoms with Crippen molar-refractivity contribution in [3.8, 4) is 11.5 Å². The second-order valence-electron chi connectivity index (χ2n) is 5.21. The van der Waals surface area contributed by atoms with Crippen LogP contribution in [0.3, 0.4) is 0 Å². The van der Waals surface area contributed by atoms with Gasteiger partial charge in [-0.25, -0.2) is 4.98 Å². The summed E-state index contributed by atoms with van der Waals surface area (Å²) < 4.78 is 13.3. The van der Waals surface area contributed by atoms with Gasteiger partial charge >= 0.3 is 0 Å². The first-order chi connectivity index (χ1) is 11.7. The zero-order valence-corrected chi connectivity index (χ0v) is 14.5. The highest BCUT2D eigenvalue weighted by atomic mass is 32.1. The maximum atomic E-state index is 12.2. The van der Waals surface area contributed by atoms with E-state index >= 15 is 0 Å². The van der Waals surface area contributed by atoms with Crippen LogP contribution in [0.5, 0.6) is 11.5 Å². The Bertz CT molecular complexity index is 932. The highest BCUT2D eigenvalue weighted by Crippen LogP contribution is 2.29. The number of rotatable bonds is 7. The van der Waals surface area contributed by atoms with Gasteiger partial charge in [0.15, 0.2) is 11.5 Å². The van der Waals surface area contributed by atoms with Crippen LogP contribution in [0.2, 0.25) is 0 Å². The van der Waals surface area contributed by atoms with Gasteiger partial charge in [-0.1, -0.05) is 30.7 Å². The lowest BCUT2D eigenvalue weighted by molar-refractivity contribution is 0.272. The number of thiazole rings is 1. The second kappa shape index (κ2) is 7.44. The van der Waals surface area contributed by atoms with E-state index in [4.69, 9.17) is 9.47 Å². The Hall–Kier alpha value is -2.41. The lowest BCUT2D eigenvalue weighted by Crippen LogP contribution is -2.23. The third-order valence-electron chi connectivity index (χ3n) is 3.44. The number of unbranched alkanes of at least 4 members (excludes halogenated alkanes) is 1. The molecule has 0 aliphatic heterocycles. The average molecular weight is 345 g/mol. The van der Waals surface area contributed by atoms with Crippen molar-refractivity contribution < 1.29 is 9.47 Å². The molecule has 0 bridgehead atoms. The van der Waals surface area contributed by atoms with Crippen LogP contribution in [-0.2, 0) is 0 Å². The smallest absolute Gasteiger partial charge is 0.291 e. The molecule has 0 aliphatic carbocycles. The van der Waals surface area contributed by atoms with E-state index in [1.54, 1.807) is 0 Å². The minimum Gasteiger partial charge on any atom is -0.490 e. The van der Waals surface area contributed by atoms with E-state index in [9.17, 15) is 4.79 Å². The molecular weight excluding hydrogens is 326 g/mol. The van der Waals surface area contributed by atoms with Crippen LogP contribution in [0.25, 0.3) is 11.0 Å². The fourth-order valence-electron chi connectivity index (χ4n) is 2.26. The van der Waals surface area contributed by atoms with Crippen LogP contribution in [0.1, 0.15) is 32.3 Å². The van der Waals surface area contributed by atoms with Gasteiger partial charge in [0.2, 0.25) is 4.96 Å². The van der Waals surface area contributed by atoms with E-state index in [1.165, 1.54) is 22.2 Å². The van der Waals surface area contributed by atoms with Crippen LogP contribution in [0.4, 0.5) is 0 Å². The van der Waals surface area contributed by atoms with Crippen molar-refractivity contribution in [3.63, 3.8) is 0 Å². The maximum Gasteiger partial charge on any atom is 0.291 e. The van der Waals surface area contributed by atoms with Gasteiger partial charge in [-0.3, -0.25) is 4.79 Å². The Balaban J connectivity index is 1.94. The van der Waals surface area contributed by atoms with E-state index in [1.807, 2.05) is 31.2 Å². The van der Waals surface area contributed by atoms with Crippen LogP contribution in [-0.4, -0.2) is 27.8 Å². The summed E-state index contributed by atoms with van der Waals surface area (Å²) in [4.78, 5) is 16.9. The molecule has 6 nitrogen and oxygen atoms in total. The third kappa shape index (κ3) is 3.41. The summed E-state index contributed by atoms with van der Waals surface area (Å²) in [6.45, 7) is 5.27. The molecule has 126 valence electrons. The zero-order valence-electron chi connectivity index (χ0n) is 13.7. The molecule has 0 fully saturated rings. The summed E-state index contributed by atoms with van der Waals surface area (Å²) >= 11 is 1.31. The van der Waals surface area contributed by atoms with Gasteiger partial charge in [0, 0.05) is 0 Å². The Morgan fingerprint density at radius 2 is 2.12 bits per heavy atom. The number of aromatic nitrogens is 3. The lowest BCUT2D eigenvalue weighted by Gasteiger charge is -2.12. The summed E-state index contributed by atoms with van der Waals surface area (Å²) in [5.41, 5.74) is 0.719. The first-order valence-corrected chi connectivity index (χ1v) is 8.78. The number of benzene rings is 1. The summed E-state index contributed by atoms with van der Waals surface area (Å²) in [5, 5.41) is 3.92. The van der Waals surface area contributed by atoms with Crippen molar-refractivity contribution in [2.75, 3.05) is 13.2 Å². The van der Waals surface area contributed by atoms with Crippen molar-refractivity contribution in [2.24, 2.45) is 0 Å². The molecule has 0 saturated carbocycles. The number of ether oxygens (including phenoxy) is 2. The third-order valence-corrected chi connectivity index (χ3v) is 4.42. The average Bonchev–Trinajstić information content (AvgIpc) is 3.14. The predicted molar refractivity (Wildman–Crippen MR) is 93.9 cm³/mol. The van der Waals surface area contributed by atoms with Crippen molar-refractivity contribution in [3.05, 3.63) is 45.0 Å². The molecule has 0 spiro atoms. The van der Waals surface area contributed by atoms with Crippen molar-refractivity contribution in [1.82, 2.24) is 14.6 Å². The molecule has 2 heterocycles. The standard InChI is InChI=1S/C17H19N3O3S/c1-3-5-8-23-13-7-6-12(9-14(13)22-4-2)10-15-16(21)20-17(24-15)18-11-19-20/h6-7,9-11H,3-5,8H2,1-2H3/b15-10+. The topological polar surface area (TPSA) is 65.7 Å². The Morgan fingerprint density at radius 3 is 2.88 bits per heavy atom. The van der Waals surface area contributed by atoms with Gasteiger partial charge in [-0.2, -0.15) is 9.61 Å². The van der Waals surface area contributed by atoms with E-state index in [0.29, 0.717) is 28.5 Å². The molecule has 2 aromatic heterocycles. The number of hydrogen-bond acceptors (Lipinski definition) is 6. The molecule has 3 rings (SSSR count). The minimum atomic E-state index is -0.159. The largest absolute Gasteiger partial charge is 0.490 e. The molecule has 0 radical (unpaired) electrons. The summed E-state index contributed by atoms with van der Waals surface area (Å²) in [6.07, 6.45) is 5.28. The molecule has 0 atom stereocenters. The molecule has 0 saturated heterocycles. The van der Waals surface area contributed by atoms with E-state index in [0.717, 1.165) is 24.2 Å². The van der Waals surface area contributed by atoms with Crippen molar-refractivity contribution >= 4 is 22.4 Å². The van der Waals surface area contributed by atoms with Gasteiger partial charge in [0.25, 0.3) is 5.56 Å². The molecule has 0 aliphatic rings. The van der Waals surface area contributed by atoms with Gasteiger partial charge in [0.1, 0.15) is 6.33 Å². The molecule has 0 unspecified atom stereocenters. The Kier molecular flexibility index (Phi) is 5.10. The monoisotopic (exact) mass is 345 g/mol. The van der Waals surface area contributed by atoms with Crippen molar-refractivity contribution in [1.29, 1.82) is 0 Å². The van der Waals surface area contributed by atoms with Gasteiger partial charge in [-0.15, -0.1) is 0 Å². The van der Waals surface area contributed by atoms with E-state index < -0.39 is 0 Å². The molecular formula is C17H19N3O3S. The summed E-state index contributed by atoms with van der Waals surface area (Å²) in [6, 6.07) is 5.69. The molecule has 1 aromatic carbocycles. The minimum absolute atomic E-state index is 0.159. The van der Waals surface area contributed by atoms with Crippen LogP contribution in [0, 0.1) is 0 Å². The first-order valence-electron chi connectivity index (χ1n) is 7.96. The normalized spacial score (nSPS) is 12.0. The molecule has 24 heavy (non-hydrogen) atoms. The van der Waals surface area contributed by atoms with Crippen LogP contribution >= 0.6 is 11.3 Å². The molecule has 7 heteroatoms. The first kappa shape index (κ1) is 16.4. The SMILES string of the molecule is CCCCOc1ccc(/C=c2/sc3ncnn3c2=O)cc1OCC. The zero-order chi connectivity index (χ0) is 16.9. The van der Waals surface area contributed by atoms with Gasteiger partial charge in [-0.05, 0) is 37.1 Å². The van der Waals surface area contributed by atoms with Gasteiger partial charge < -0.3 is 9.47 Å². The fourth-order valence-corrected chi connectivity index (χ4v) is 3.14. The highest BCUT2D eigenvalue weighted by Gasteiger charge is 2.08. The Morgan fingerprint density at radius 1 is 1.25 bits per heavy atom. The predicted octanol–water partition coefficient (Wildman–Crippen LogP) is 2.28. The summed E-state index contributed by atoms with van der Waals surface area (Å²) in [5.74, 6) is 1.42. The quantitative estimate of drug-likeness (QED) is 0.615. The molecule has 0 amide bonds. The van der Waals surface area contributed by atoms with E-state index in [2.05, 4.69) is 17.0 Å².